The van der Waals surface area contributed by atoms with Crippen molar-refractivity contribution in [2.24, 2.45) is 0 Å². The van der Waals surface area contributed by atoms with Crippen molar-refractivity contribution in [1.29, 1.82) is 0 Å². The maximum absolute atomic E-state index is 6.07. The van der Waals surface area contributed by atoms with Crippen LogP contribution >= 0.6 is 11.6 Å². The van der Waals surface area contributed by atoms with E-state index in [0.29, 0.717) is 6.04 Å². The van der Waals surface area contributed by atoms with E-state index in [1.807, 2.05) is 25.3 Å². The lowest BCUT2D eigenvalue weighted by Crippen LogP contribution is -2.16. The molecule has 0 aliphatic carbocycles. The van der Waals surface area contributed by atoms with Crippen LogP contribution in [0.25, 0.3) is 0 Å². The van der Waals surface area contributed by atoms with E-state index in [-0.39, 0.29) is 0 Å². The van der Waals surface area contributed by atoms with E-state index in [1.165, 1.54) is 11.1 Å². The number of rotatable bonds is 6. The summed E-state index contributed by atoms with van der Waals surface area (Å²) < 4.78 is 0. The molecule has 0 spiro atoms. The number of nitrogens with one attached hydrogen (secondary N) is 1. The zero-order valence-corrected chi connectivity index (χ0v) is 10.8. The fourth-order valence-electron chi connectivity index (χ4n) is 1.91. The Balaban J connectivity index is 2.73. The largest absolute Gasteiger partial charge is 0.313 e. The molecule has 1 aromatic rings. The zero-order chi connectivity index (χ0) is 12.0. The number of aryl methyl sites for hydroxylation is 1. The van der Waals surface area contributed by atoms with Crippen molar-refractivity contribution in [2.45, 2.75) is 32.2 Å². The van der Waals surface area contributed by atoms with Crippen molar-refractivity contribution in [3.8, 4) is 0 Å². The average Bonchev–Trinajstić information content (AvgIpc) is 2.23. The van der Waals surface area contributed by atoms with Crippen LogP contribution in [0.1, 0.15) is 36.4 Å². The van der Waals surface area contributed by atoms with Crippen LogP contribution in [0.3, 0.4) is 0 Å². The van der Waals surface area contributed by atoms with Crippen LogP contribution in [0, 0.1) is 6.92 Å². The van der Waals surface area contributed by atoms with Gasteiger partial charge >= 0.3 is 0 Å². The Morgan fingerprint density at radius 1 is 1.44 bits per heavy atom. The predicted octanol–water partition coefficient (Wildman–Crippen LogP) is 4.27. The van der Waals surface area contributed by atoms with Gasteiger partial charge in [0.2, 0.25) is 0 Å². The topological polar surface area (TPSA) is 12.0 Å². The van der Waals surface area contributed by atoms with E-state index < -0.39 is 0 Å². The van der Waals surface area contributed by atoms with E-state index in [2.05, 4.69) is 24.9 Å². The van der Waals surface area contributed by atoms with Gasteiger partial charge < -0.3 is 5.32 Å². The van der Waals surface area contributed by atoms with Gasteiger partial charge in [-0.1, -0.05) is 23.7 Å². The van der Waals surface area contributed by atoms with E-state index in [0.717, 1.165) is 24.3 Å². The van der Waals surface area contributed by atoms with Crippen molar-refractivity contribution in [3.63, 3.8) is 0 Å². The molecule has 0 saturated carbocycles. The molecule has 0 amide bonds. The Morgan fingerprint density at radius 2 is 2.19 bits per heavy atom. The lowest BCUT2D eigenvalue weighted by molar-refractivity contribution is 0.530. The van der Waals surface area contributed by atoms with Crippen LogP contribution in [0.15, 0.2) is 30.9 Å². The Morgan fingerprint density at radius 3 is 2.75 bits per heavy atom. The van der Waals surface area contributed by atoms with Gasteiger partial charge in [0, 0.05) is 11.1 Å². The van der Waals surface area contributed by atoms with Gasteiger partial charge in [-0.3, -0.25) is 0 Å². The first-order chi connectivity index (χ1) is 7.67. The van der Waals surface area contributed by atoms with E-state index in [1.54, 1.807) is 0 Å². The smallest absolute Gasteiger partial charge is 0.0411 e. The molecule has 1 aromatic carbocycles. The highest BCUT2D eigenvalue weighted by Gasteiger charge is 2.09. The molecule has 1 unspecified atom stereocenters. The molecule has 16 heavy (non-hydrogen) atoms. The van der Waals surface area contributed by atoms with E-state index >= 15 is 0 Å². The highest BCUT2D eigenvalue weighted by molar-refractivity contribution is 6.30. The number of benzene rings is 1. The molecule has 0 heterocycles. The predicted molar refractivity (Wildman–Crippen MR) is 72.0 cm³/mol. The summed E-state index contributed by atoms with van der Waals surface area (Å²) in [6.45, 7) is 5.82. The van der Waals surface area contributed by atoms with E-state index in [4.69, 9.17) is 11.6 Å². The summed E-state index contributed by atoms with van der Waals surface area (Å²) in [5.74, 6) is 0. The summed E-state index contributed by atoms with van der Waals surface area (Å²) in [5.41, 5.74) is 2.49. The lowest BCUT2D eigenvalue weighted by Gasteiger charge is -2.17. The van der Waals surface area contributed by atoms with Gasteiger partial charge in [-0.2, -0.15) is 0 Å². The normalized spacial score (nSPS) is 12.4. The number of allylic oxidation sites excluding steroid dienone is 1. The summed E-state index contributed by atoms with van der Waals surface area (Å²) in [4.78, 5) is 0. The average molecular weight is 238 g/mol. The van der Waals surface area contributed by atoms with Gasteiger partial charge in [-0.05, 0) is 56.5 Å². The van der Waals surface area contributed by atoms with Crippen molar-refractivity contribution < 1.29 is 0 Å². The van der Waals surface area contributed by atoms with Crippen molar-refractivity contribution in [2.75, 3.05) is 7.05 Å². The molecule has 2 heteroatoms. The first-order valence-corrected chi connectivity index (χ1v) is 6.10. The molecule has 0 bridgehead atoms. The Hall–Kier alpha value is -0.790. The molecule has 0 aliphatic heterocycles. The van der Waals surface area contributed by atoms with Gasteiger partial charge in [-0.15, -0.1) is 6.58 Å². The van der Waals surface area contributed by atoms with Gasteiger partial charge in [-0.25, -0.2) is 0 Å². The maximum Gasteiger partial charge on any atom is 0.0411 e. The Kier molecular flexibility index (Phi) is 5.58. The molecule has 0 radical (unpaired) electrons. The third-order valence-electron chi connectivity index (χ3n) is 2.72. The van der Waals surface area contributed by atoms with Gasteiger partial charge in [0.25, 0.3) is 0 Å². The minimum absolute atomic E-state index is 0.386. The molecule has 1 nitrogen and oxygen atoms in total. The quantitative estimate of drug-likeness (QED) is 0.576. The lowest BCUT2D eigenvalue weighted by atomic mass is 9.99. The highest BCUT2D eigenvalue weighted by atomic mass is 35.5. The number of hydrogen-bond acceptors (Lipinski definition) is 1. The second-order valence-corrected chi connectivity index (χ2v) is 4.56. The monoisotopic (exact) mass is 237 g/mol. The number of hydrogen-bond donors (Lipinski definition) is 1. The minimum atomic E-state index is 0.386. The SMILES string of the molecule is C=CCCCC(NC)c1cc(C)cc(Cl)c1. The maximum atomic E-state index is 6.07. The van der Waals surface area contributed by atoms with Crippen LogP contribution in [-0.4, -0.2) is 7.05 Å². The van der Waals surface area contributed by atoms with E-state index in [9.17, 15) is 0 Å². The third kappa shape index (κ3) is 3.99. The summed E-state index contributed by atoms with van der Waals surface area (Å²) in [7, 11) is 1.99. The fourth-order valence-corrected chi connectivity index (χ4v) is 2.21. The summed E-state index contributed by atoms with van der Waals surface area (Å²) >= 11 is 6.07. The minimum Gasteiger partial charge on any atom is -0.313 e. The molecule has 0 fully saturated rings. The van der Waals surface area contributed by atoms with Crippen LogP contribution < -0.4 is 5.32 Å². The molecular formula is C14H20ClN. The molecule has 1 rings (SSSR count). The summed E-state index contributed by atoms with van der Waals surface area (Å²) in [5, 5.41) is 4.16. The molecule has 1 N–H and O–H groups in total. The van der Waals surface area contributed by atoms with Crippen LogP contribution in [0.5, 0.6) is 0 Å². The van der Waals surface area contributed by atoms with Gasteiger partial charge in [0.05, 0.1) is 0 Å². The van der Waals surface area contributed by atoms with Crippen molar-refractivity contribution in [1.82, 2.24) is 5.32 Å². The van der Waals surface area contributed by atoms with Gasteiger partial charge in [0.15, 0.2) is 0 Å². The first-order valence-electron chi connectivity index (χ1n) is 5.72. The highest BCUT2D eigenvalue weighted by Crippen LogP contribution is 2.23. The molecule has 0 saturated heterocycles. The van der Waals surface area contributed by atoms with Crippen LogP contribution in [0.4, 0.5) is 0 Å². The second-order valence-electron chi connectivity index (χ2n) is 4.12. The molecule has 88 valence electrons. The van der Waals surface area contributed by atoms with Gasteiger partial charge in [0.1, 0.15) is 0 Å². The standard InChI is InChI=1S/C14H20ClN/c1-4-5-6-7-14(16-3)12-8-11(2)9-13(15)10-12/h4,8-10,14,16H,1,5-7H2,2-3H3. The summed E-state index contributed by atoms with van der Waals surface area (Å²) in [6.07, 6.45) is 5.30. The van der Waals surface area contributed by atoms with Crippen molar-refractivity contribution >= 4 is 11.6 Å². The Bertz CT molecular complexity index is 326. The Labute approximate surface area is 104 Å². The van der Waals surface area contributed by atoms with Crippen LogP contribution in [-0.2, 0) is 0 Å². The van der Waals surface area contributed by atoms with Crippen LogP contribution in [0.2, 0.25) is 5.02 Å². The number of unbranched alkanes of at least 4 members (excludes halogenated alkanes) is 1. The zero-order valence-electron chi connectivity index (χ0n) is 10.1. The fraction of sp³-hybridized carbons (Fsp3) is 0.429. The third-order valence-corrected chi connectivity index (χ3v) is 2.93. The molecule has 0 aromatic heterocycles. The molecule has 0 aliphatic rings. The molecular weight excluding hydrogens is 218 g/mol. The first kappa shape index (κ1) is 13.3. The summed E-state index contributed by atoms with van der Waals surface area (Å²) in [6, 6.07) is 6.61. The molecule has 1 atom stereocenters. The van der Waals surface area contributed by atoms with Crippen molar-refractivity contribution in [3.05, 3.63) is 47.0 Å². The second kappa shape index (κ2) is 6.72. The number of halogens is 1.